The fourth-order valence-corrected chi connectivity index (χ4v) is 3.16. The molecule has 2 aliphatic carbocycles. The van der Waals surface area contributed by atoms with Crippen LogP contribution in [0.15, 0.2) is 12.2 Å². The van der Waals surface area contributed by atoms with Gasteiger partial charge in [0.25, 0.3) is 12.0 Å². The zero-order valence-corrected chi connectivity index (χ0v) is 12.4. The predicted molar refractivity (Wildman–Crippen MR) is 66.4 cm³/mol. The van der Waals surface area contributed by atoms with Crippen molar-refractivity contribution >= 4 is 5.97 Å². The van der Waals surface area contributed by atoms with Gasteiger partial charge in [-0.3, -0.25) is 4.79 Å². The standard InChI is InChI=1S/C14H15F7O3/c1-6(13(17,18)12(23,11(15)16)14(19,20)21)24-10(22)9-5-7-2-3-8(9)4-7/h2-3,6-9,11,23H,4-5H2,1H3. The van der Waals surface area contributed by atoms with Crippen molar-refractivity contribution in [1.82, 2.24) is 0 Å². The SMILES string of the molecule is CC(OC(=O)C1CC2C=CC1C2)C(F)(F)C(O)(C(F)F)C(F)(F)F. The van der Waals surface area contributed by atoms with Crippen LogP contribution in [-0.4, -0.2) is 41.3 Å². The summed E-state index contributed by atoms with van der Waals surface area (Å²) in [6.45, 7) is 0.347. The highest BCUT2D eigenvalue weighted by Gasteiger charge is 2.77. The number of alkyl halides is 7. The van der Waals surface area contributed by atoms with Gasteiger partial charge in [-0.2, -0.15) is 22.0 Å². The summed E-state index contributed by atoms with van der Waals surface area (Å²) in [7, 11) is 0. The normalized spacial score (nSPS) is 30.5. The maximum absolute atomic E-state index is 13.9. The first kappa shape index (κ1) is 19.0. The quantitative estimate of drug-likeness (QED) is 0.463. The Hall–Kier alpha value is -1.32. The van der Waals surface area contributed by atoms with Crippen molar-refractivity contribution in [3.05, 3.63) is 12.2 Å². The van der Waals surface area contributed by atoms with Crippen molar-refractivity contribution in [3.63, 3.8) is 0 Å². The third-order valence-corrected chi connectivity index (χ3v) is 4.64. The number of fused-ring (bicyclic) bond motifs is 2. The van der Waals surface area contributed by atoms with Gasteiger partial charge in [0.15, 0.2) is 6.10 Å². The number of carbonyl (C=O) groups excluding carboxylic acids is 1. The lowest BCUT2D eigenvalue weighted by Gasteiger charge is -2.39. The van der Waals surface area contributed by atoms with E-state index in [1.807, 2.05) is 6.08 Å². The number of hydrogen-bond acceptors (Lipinski definition) is 3. The van der Waals surface area contributed by atoms with Gasteiger partial charge in [0.1, 0.15) is 0 Å². The van der Waals surface area contributed by atoms with Crippen LogP contribution in [0.2, 0.25) is 0 Å². The highest BCUT2D eigenvalue weighted by Crippen LogP contribution is 2.49. The second kappa shape index (κ2) is 5.89. The summed E-state index contributed by atoms with van der Waals surface area (Å²) in [5, 5.41) is 8.98. The van der Waals surface area contributed by atoms with E-state index in [0.717, 1.165) is 0 Å². The summed E-state index contributed by atoms with van der Waals surface area (Å²) in [4.78, 5) is 11.9. The molecule has 2 bridgehead atoms. The van der Waals surface area contributed by atoms with E-state index < -0.39 is 42.1 Å². The zero-order valence-electron chi connectivity index (χ0n) is 12.4. The molecule has 2 aliphatic rings. The summed E-state index contributed by atoms with van der Waals surface area (Å²) >= 11 is 0. The average Bonchev–Trinajstić information content (AvgIpc) is 3.06. The molecule has 138 valence electrons. The number of halogens is 7. The van der Waals surface area contributed by atoms with E-state index in [9.17, 15) is 35.5 Å². The lowest BCUT2D eigenvalue weighted by atomic mass is 9.90. The van der Waals surface area contributed by atoms with E-state index in [4.69, 9.17) is 5.11 Å². The van der Waals surface area contributed by atoms with Crippen molar-refractivity contribution < 1.29 is 45.4 Å². The molecule has 0 amide bonds. The van der Waals surface area contributed by atoms with Crippen LogP contribution in [0.4, 0.5) is 30.7 Å². The Morgan fingerprint density at radius 1 is 1.17 bits per heavy atom. The number of carbonyl (C=O) groups is 1. The Bertz CT molecular complexity index is 531. The van der Waals surface area contributed by atoms with Crippen LogP contribution in [0.3, 0.4) is 0 Å². The van der Waals surface area contributed by atoms with Crippen molar-refractivity contribution in [2.75, 3.05) is 0 Å². The molecule has 1 saturated carbocycles. The van der Waals surface area contributed by atoms with Crippen LogP contribution < -0.4 is 0 Å². The molecule has 3 nitrogen and oxygen atoms in total. The summed E-state index contributed by atoms with van der Waals surface area (Å²) < 4.78 is 95.2. The minimum Gasteiger partial charge on any atom is -0.456 e. The van der Waals surface area contributed by atoms with Gasteiger partial charge in [0, 0.05) is 0 Å². The largest absolute Gasteiger partial charge is 0.456 e. The van der Waals surface area contributed by atoms with Gasteiger partial charge in [-0.25, -0.2) is 8.78 Å². The molecule has 10 heteroatoms. The van der Waals surface area contributed by atoms with Gasteiger partial charge in [-0.15, -0.1) is 0 Å². The smallest absolute Gasteiger partial charge is 0.429 e. The summed E-state index contributed by atoms with van der Waals surface area (Å²) in [5.74, 6) is -7.61. The van der Waals surface area contributed by atoms with Crippen molar-refractivity contribution in [1.29, 1.82) is 0 Å². The van der Waals surface area contributed by atoms with Crippen LogP contribution in [0.5, 0.6) is 0 Å². The monoisotopic (exact) mass is 364 g/mol. The lowest BCUT2D eigenvalue weighted by molar-refractivity contribution is -0.379. The maximum atomic E-state index is 13.9. The summed E-state index contributed by atoms with van der Waals surface area (Å²) in [6, 6.07) is 0. The van der Waals surface area contributed by atoms with E-state index in [-0.39, 0.29) is 11.8 Å². The number of rotatable bonds is 5. The molecule has 5 unspecified atom stereocenters. The van der Waals surface area contributed by atoms with E-state index >= 15 is 0 Å². The molecular weight excluding hydrogens is 349 g/mol. The molecule has 0 aromatic heterocycles. The minimum absolute atomic E-state index is 0.0662. The van der Waals surface area contributed by atoms with Crippen LogP contribution >= 0.6 is 0 Å². The van der Waals surface area contributed by atoms with Crippen molar-refractivity contribution in [3.8, 4) is 0 Å². The summed E-state index contributed by atoms with van der Waals surface area (Å²) in [5.41, 5.74) is -5.62. The van der Waals surface area contributed by atoms with Crippen molar-refractivity contribution in [2.24, 2.45) is 17.8 Å². The topological polar surface area (TPSA) is 46.5 Å². The molecule has 0 spiro atoms. The van der Waals surface area contributed by atoms with Gasteiger partial charge in [0.05, 0.1) is 5.92 Å². The molecule has 24 heavy (non-hydrogen) atoms. The molecule has 2 rings (SSSR count). The molecule has 0 aliphatic heterocycles. The van der Waals surface area contributed by atoms with Gasteiger partial charge in [-0.1, -0.05) is 12.2 Å². The maximum Gasteiger partial charge on any atom is 0.429 e. The molecule has 0 heterocycles. The molecule has 1 fully saturated rings. The first-order valence-corrected chi connectivity index (χ1v) is 7.16. The number of ether oxygens (including phenoxy) is 1. The second-order valence-corrected chi connectivity index (χ2v) is 6.15. The number of aliphatic hydroxyl groups is 1. The van der Waals surface area contributed by atoms with Gasteiger partial charge >= 0.3 is 18.1 Å². The lowest BCUT2D eigenvalue weighted by Crippen LogP contribution is -2.67. The van der Waals surface area contributed by atoms with Gasteiger partial charge in [0.2, 0.25) is 0 Å². The Kier molecular flexibility index (Phi) is 4.66. The highest BCUT2D eigenvalue weighted by molar-refractivity contribution is 5.74. The first-order valence-electron chi connectivity index (χ1n) is 7.16. The van der Waals surface area contributed by atoms with Crippen LogP contribution in [0.1, 0.15) is 19.8 Å². The van der Waals surface area contributed by atoms with Crippen molar-refractivity contribution in [2.45, 2.75) is 50.0 Å². The zero-order chi connectivity index (χ0) is 18.5. The molecular formula is C14H15F7O3. The molecule has 0 aromatic rings. The summed E-state index contributed by atoms with van der Waals surface area (Å²) in [6.07, 6.45) is -9.59. The van der Waals surface area contributed by atoms with Crippen LogP contribution in [0, 0.1) is 17.8 Å². The second-order valence-electron chi connectivity index (χ2n) is 6.15. The Morgan fingerprint density at radius 2 is 1.75 bits per heavy atom. The van der Waals surface area contributed by atoms with E-state index in [2.05, 4.69) is 4.74 Å². The van der Waals surface area contributed by atoms with Crippen LogP contribution in [0.25, 0.3) is 0 Å². The Morgan fingerprint density at radius 3 is 2.12 bits per heavy atom. The minimum atomic E-state index is -6.32. The first-order chi connectivity index (χ1) is 10.8. The van der Waals surface area contributed by atoms with E-state index in [1.165, 1.54) is 0 Å². The third kappa shape index (κ3) is 2.78. The molecule has 0 saturated heterocycles. The van der Waals surface area contributed by atoms with Gasteiger partial charge < -0.3 is 9.84 Å². The predicted octanol–water partition coefficient (Wildman–Crippen LogP) is 3.32. The molecule has 1 N–H and O–H groups in total. The average molecular weight is 364 g/mol. The Labute approximate surface area is 132 Å². The third-order valence-electron chi connectivity index (χ3n) is 4.64. The fraction of sp³-hybridized carbons (Fsp3) is 0.786. The fourth-order valence-electron chi connectivity index (χ4n) is 3.16. The number of hydrogen-bond donors (Lipinski definition) is 1. The van der Waals surface area contributed by atoms with Crippen LogP contribution in [-0.2, 0) is 9.53 Å². The molecule has 0 aromatic carbocycles. The number of esters is 1. The van der Waals surface area contributed by atoms with Gasteiger partial charge in [-0.05, 0) is 31.6 Å². The van der Waals surface area contributed by atoms with E-state index in [0.29, 0.717) is 19.8 Å². The highest BCUT2D eigenvalue weighted by atomic mass is 19.4. The Balaban J connectivity index is 2.16. The van der Waals surface area contributed by atoms with E-state index in [1.54, 1.807) is 6.08 Å². The molecule has 5 atom stereocenters. The molecule has 0 radical (unpaired) electrons. The number of allylic oxidation sites excluding steroid dienone is 2.